The normalized spacial score (nSPS) is 12.6. The van der Waals surface area contributed by atoms with E-state index in [0.717, 1.165) is 30.9 Å². The van der Waals surface area contributed by atoms with E-state index >= 15 is 0 Å². The molecule has 1 N–H and O–H groups in total. The van der Waals surface area contributed by atoms with E-state index in [1.165, 1.54) is 4.88 Å². The van der Waals surface area contributed by atoms with E-state index in [2.05, 4.69) is 39.7 Å². The first kappa shape index (κ1) is 13.2. The van der Waals surface area contributed by atoms with Gasteiger partial charge in [-0.05, 0) is 43.8 Å². The number of hydrogen-bond acceptors (Lipinski definition) is 4. The molecule has 4 heteroatoms. The van der Waals surface area contributed by atoms with Gasteiger partial charge >= 0.3 is 0 Å². The molecule has 1 unspecified atom stereocenters. The zero-order valence-electron chi connectivity index (χ0n) is 10.9. The van der Waals surface area contributed by atoms with Crippen molar-refractivity contribution >= 4 is 11.3 Å². The highest BCUT2D eigenvalue weighted by atomic mass is 32.1. The summed E-state index contributed by atoms with van der Waals surface area (Å²) < 4.78 is 0. The zero-order valence-corrected chi connectivity index (χ0v) is 11.7. The minimum absolute atomic E-state index is 0.318. The van der Waals surface area contributed by atoms with Crippen molar-refractivity contribution in [1.82, 2.24) is 15.3 Å². The van der Waals surface area contributed by atoms with Gasteiger partial charge in [0.1, 0.15) is 5.82 Å². The van der Waals surface area contributed by atoms with Crippen LogP contribution < -0.4 is 5.32 Å². The lowest BCUT2D eigenvalue weighted by Gasteiger charge is -2.17. The van der Waals surface area contributed by atoms with Gasteiger partial charge in [0.15, 0.2) is 0 Å². The van der Waals surface area contributed by atoms with Crippen LogP contribution in [0.4, 0.5) is 0 Å². The minimum atomic E-state index is 0.318. The van der Waals surface area contributed by atoms with E-state index in [0.29, 0.717) is 6.04 Å². The molecular weight excluding hydrogens is 242 g/mol. The molecule has 1 atom stereocenters. The average Bonchev–Trinajstić information content (AvgIpc) is 2.87. The van der Waals surface area contributed by atoms with Crippen molar-refractivity contribution in [3.05, 3.63) is 46.2 Å². The Bertz CT molecular complexity index is 468. The smallest absolute Gasteiger partial charge is 0.125 e. The molecular formula is C14H19N3S. The molecule has 2 heterocycles. The molecule has 96 valence electrons. The highest BCUT2D eigenvalue weighted by Crippen LogP contribution is 2.19. The maximum atomic E-state index is 4.52. The fraction of sp³-hybridized carbons (Fsp3) is 0.429. The van der Waals surface area contributed by atoms with Crippen molar-refractivity contribution in [2.75, 3.05) is 6.54 Å². The molecule has 0 aromatic carbocycles. The van der Waals surface area contributed by atoms with E-state index in [4.69, 9.17) is 0 Å². The van der Waals surface area contributed by atoms with Crippen LogP contribution in [0.1, 0.15) is 35.8 Å². The number of hydrogen-bond donors (Lipinski definition) is 1. The molecule has 0 radical (unpaired) electrons. The second-order valence-corrected chi connectivity index (χ2v) is 5.29. The van der Waals surface area contributed by atoms with E-state index < -0.39 is 0 Å². The van der Waals surface area contributed by atoms with Gasteiger partial charge in [-0.15, -0.1) is 11.3 Å². The second kappa shape index (κ2) is 6.61. The van der Waals surface area contributed by atoms with Crippen LogP contribution in [-0.2, 0) is 6.42 Å². The maximum Gasteiger partial charge on any atom is 0.125 e. The van der Waals surface area contributed by atoms with Crippen LogP contribution in [0.25, 0.3) is 0 Å². The Hall–Kier alpha value is -1.26. The number of rotatable bonds is 6. The van der Waals surface area contributed by atoms with E-state index in [-0.39, 0.29) is 0 Å². The van der Waals surface area contributed by atoms with Crippen molar-refractivity contribution in [2.24, 2.45) is 0 Å². The first-order valence-electron chi connectivity index (χ1n) is 6.35. The Kier molecular flexibility index (Phi) is 4.84. The third kappa shape index (κ3) is 3.62. The summed E-state index contributed by atoms with van der Waals surface area (Å²) in [5, 5.41) is 5.63. The molecule has 0 spiro atoms. The molecule has 0 amide bonds. The summed E-state index contributed by atoms with van der Waals surface area (Å²) in [6.45, 7) is 5.02. The summed E-state index contributed by atoms with van der Waals surface area (Å²) in [6, 6.07) is 6.63. The van der Waals surface area contributed by atoms with Crippen LogP contribution in [0.15, 0.2) is 29.8 Å². The number of aryl methyl sites for hydroxylation is 2. The first-order chi connectivity index (χ1) is 8.79. The van der Waals surface area contributed by atoms with Crippen molar-refractivity contribution < 1.29 is 0 Å². The predicted octanol–water partition coefficient (Wildman–Crippen LogP) is 3.13. The van der Waals surface area contributed by atoms with E-state index in [9.17, 15) is 0 Å². The van der Waals surface area contributed by atoms with Gasteiger partial charge in [-0.2, -0.15) is 0 Å². The summed E-state index contributed by atoms with van der Waals surface area (Å²) in [4.78, 5) is 10.1. The lowest BCUT2D eigenvalue weighted by molar-refractivity contribution is 0.503. The Balaban J connectivity index is 2.03. The van der Waals surface area contributed by atoms with Gasteiger partial charge < -0.3 is 5.32 Å². The van der Waals surface area contributed by atoms with Crippen LogP contribution in [0.5, 0.6) is 0 Å². The van der Waals surface area contributed by atoms with Crippen molar-refractivity contribution in [2.45, 2.75) is 32.7 Å². The Labute approximate surface area is 112 Å². The summed E-state index contributed by atoms with van der Waals surface area (Å²) in [5.41, 5.74) is 1.10. The maximum absolute atomic E-state index is 4.52. The number of nitrogens with zero attached hydrogens (tertiary/aromatic N) is 2. The fourth-order valence-corrected chi connectivity index (χ4v) is 2.74. The average molecular weight is 261 g/mol. The van der Waals surface area contributed by atoms with Gasteiger partial charge in [0.25, 0.3) is 0 Å². The van der Waals surface area contributed by atoms with Gasteiger partial charge in [-0.1, -0.05) is 13.0 Å². The predicted molar refractivity (Wildman–Crippen MR) is 75.8 cm³/mol. The summed E-state index contributed by atoms with van der Waals surface area (Å²) in [7, 11) is 0. The minimum Gasteiger partial charge on any atom is -0.309 e. The van der Waals surface area contributed by atoms with Crippen molar-refractivity contribution in [1.29, 1.82) is 0 Å². The molecule has 0 aliphatic heterocycles. The number of nitrogens with one attached hydrogen (secondary N) is 1. The van der Waals surface area contributed by atoms with Crippen molar-refractivity contribution in [3.8, 4) is 0 Å². The largest absolute Gasteiger partial charge is 0.309 e. The molecule has 2 rings (SSSR count). The standard InChI is InChI=1S/C14H19N3S/c1-3-15-13(7-6-12-5-4-10-18-12)14-8-9-16-11(2)17-14/h4-5,8-10,13,15H,3,6-7H2,1-2H3. The number of aromatic nitrogens is 2. The van der Waals surface area contributed by atoms with Gasteiger partial charge in [0.05, 0.1) is 5.69 Å². The van der Waals surface area contributed by atoms with Crippen molar-refractivity contribution in [3.63, 3.8) is 0 Å². The Morgan fingerprint density at radius 3 is 2.94 bits per heavy atom. The molecule has 18 heavy (non-hydrogen) atoms. The highest BCUT2D eigenvalue weighted by molar-refractivity contribution is 7.09. The Morgan fingerprint density at radius 1 is 1.39 bits per heavy atom. The molecule has 0 saturated heterocycles. The SMILES string of the molecule is CCNC(CCc1cccs1)c1ccnc(C)n1. The Morgan fingerprint density at radius 2 is 2.28 bits per heavy atom. The molecule has 0 aliphatic rings. The van der Waals surface area contributed by atoms with Gasteiger partial charge in [0, 0.05) is 17.1 Å². The van der Waals surface area contributed by atoms with E-state index in [1.54, 1.807) is 0 Å². The van der Waals surface area contributed by atoms with E-state index in [1.807, 2.05) is 30.5 Å². The third-order valence-corrected chi connectivity index (χ3v) is 3.80. The van der Waals surface area contributed by atoms with Crippen LogP contribution in [0.2, 0.25) is 0 Å². The molecule has 0 saturated carbocycles. The summed E-state index contributed by atoms with van der Waals surface area (Å²) in [5.74, 6) is 0.839. The second-order valence-electron chi connectivity index (χ2n) is 4.26. The topological polar surface area (TPSA) is 37.8 Å². The molecule has 2 aromatic rings. The first-order valence-corrected chi connectivity index (χ1v) is 7.23. The summed E-state index contributed by atoms with van der Waals surface area (Å²) >= 11 is 1.82. The van der Waals surface area contributed by atoms with Gasteiger partial charge in [-0.25, -0.2) is 9.97 Å². The third-order valence-electron chi connectivity index (χ3n) is 2.86. The van der Waals surface area contributed by atoms with Crippen LogP contribution in [0, 0.1) is 6.92 Å². The quantitative estimate of drug-likeness (QED) is 0.868. The zero-order chi connectivity index (χ0) is 12.8. The molecule has 0 fully saturated rings. The number of thiophene rings is 1. The monoisotopic (exact) mass is 261 g/mol. The lowest BCUT2D eigenvalue weighted by Crippen LogP contribution is -2.22. The summed E-state index contributed by atoms with van der Waals surface area (Å²) in [6.07, 6.45) is 4.01. The molecule has 0 aliphatic carbocycles. The van der Waals surface area contributed by atoms with Crippen LogP contribution in [0.3, 0.4) is 0 Å². The van der Waals surface area contributed by atoms with Crippen LogP contribution in [-0.4, -0.2) is 16.5 Å². The lowest BCUT2D eigenvalue weighted by atomic mass is 10.1. The van der Waals surface area contributed by atoms with Gasteiger partial charge in [-0.3, -0.25) is 0 Å². The fourth-order valence-electron chi connectivity index (χ4n) is 2.01. The molecule has 2 aromatic heterocycles. The molecule has 3 nitrogen and oxygen atoms in total. The highest BCUT2D eigenvalue weighted by Gasteiger charge is 2.12. The van der Waals surface area contributed by atoms with Gasteiger partial charge in [0.2, 0.25) is 0 Å². The molecule has 0 bridgehead atoms. The van der Waals surface area contributed by atoms with Crippen LogP contribution >= 0.6 is 11.3 Å².